The highest BCUT2D eigenvalue weighted by Crippen LogP contribution is 2.58. The average molecular weight is 294 g/mol. The molecular formula is C16H22O5. The van der Waals surface area contributed by atoms with Crippen LogP contribution in [0.1, 0.15) is 45.4 Å². The van der Waals surface area contributed by atoms with E-state index >= 15 is 0 Å². The van der Waals surface area contributed by atoms with Gasteiger partial charge in [0.2, 0.25) is 0 Å². The van der Waals surface area contributed by atoms with E-state index in [4.69, 9.17) is 9.47 Å². The molecule has 0 spiro atoms. The number of carbonyl (C=O) groups is 2. The molecule has 0 aromatic rings. The molecule has 4 bridgehead atoms. The fraction of sp³-hybridized carbons (Fsp3) is 0.750. The van der Waals surface area contributed by atoms with E-state index in [0.29, 0.717) is 18.3 Å². The predicted octanol–water partition coefficient (Wildman–Crippen LogP) is 1.73. The molecule has 4 rings (SSSR count). The van der Waals surface area contributed by atoms with E-state index in [0.717, 1.165) is 32.1 Å². The molecule has 0 aromatic carbocycles. The molecule has 5 heteroatoms. The SMILES string of the molecule is C=C(C)C(=O)OCC(=O)OC12CC3CC(CC(O)(C3)C1)C2. The Kier molecular flexibility index (Phi) is 3.35. The Labute approximate surface area is 124 Å². The Morgan fingerprint density at radius 1 is 1.24 bits per heavy atom. The van der Waals surface area contributed by atoms with Crippen LogP contribution in [0.15, 0.2) is 12.2 Å². The van der Waals surface area contributed by atoms with Crippen LogP contribution in [0.3, 0.4) is 0 Å². The number of carbonyl (C=O) groups excluding carboxylic acids is 2. The van der Waals surface area contributed by atoms with Crippen molar-refractivity contribution in [2.45, 2.75) is 56.7 Å². The summed E-state index contributed by atoms with van der Waals surface area (Å²) in [6.45, 7) is 4.61. The van der Waals surface area contributed by atoms with Gasteiger partial charge in [-0.2, -0.15) is 0 Å². The van der Waals surface area contributed by atoms with Gasteiger partial charge in [0.1, 0.15) is 5.60 Å². The van der Waals surface area contributed by atoms with Gasteiger partial charge in [-0.05, 0) is 50.9 Å². The standard InChI is InChI=1S/C16H22O5/c1-10(2)14(18)20-8-13(17)21-16-6-11-3-12(7-16)5-15(19,4-11)9-16/h11-12,19H,1,3-9H2,2H3. The summed E-state index contributed by atoms with van der Waals surface area (Å²) in [5, 5.41) is 10.6. The van der Waals surface area contributed by atoms with Crippen molar-refractivity contribution in [3.05, 3.63) is 12.2 Å². The summed E-state index contributed by atoms with van der Waals surface area (Å²) in [5.74, 6) is -0.227. The fourth-order valence-corrected chi connectivity index (χ4v) is 4.77. The van der Waals surface area contributed by atoms with Crippen molar-refractivity contribution in [2.24, 2.45) is 11.8 Å². The highest BCUT2D eigenvalue weighted by atomic mass is 16.6. The van der Waals surface area contributed by atoms with Crippen LogP contribution in [-0.4, -0.2) is 34.9 Å². The summed E-state index contributed by atoms with van der Waals surface area (Å²) in [6, 6.07) is 0. The maximum atomic E-state index is 11.9. The smallest absolute Gasteiger partial charge is 0.344 e. The van der Waals surface area contributed by atoms with Crippen molar-refractivity contribution in [3.8, 4) is 0 Å². The fourth-order valence-electron chi connectivity index (χ4n) is 4.77. The van der Waals surface area contributed by atoms with Gasteiger partial charge in [-0.3, -0.25) is 0 Å². The van der Waals surface area contributed by atoms with Crippen molar-refractivity contribution in [2.75, 3.05) is 6.61 Å². The highest BCUT2D eigenvalue weighted by Gasteiger charge is 2.59. The lowest BCUT2D eigenvalue weighted by Gasteiger charge is -2.59. The lowest BCUT2D eigenvalue weighted by molar-refractivity contribution is -0.222. The Morgan fingerprint density at radius 3 is 2.38 bits per heavy atom. The number of ether oxygens (including phenoxy) is 2. The minimum absolute atomic E-state index is 0.256. The molecule has 0 saturated heterocycles. The third-order valence-electron chi connectivity index (χ3n) is 4.98. The van der Waals surface area contributed by atoms with E-state index in [1.165, 1.54) is 6.92 Å². The second-order valence-corrected chi connectivity index (χ2v) is 7.20. The van der Waals surface area contributed by atoms with Crippen LogP contribution in [0.2, 0.25) is 0 Å². The Hall–Kier alpha value is -1.36. The lowest BCUT2D eigenvalue weighted by Crippen LogP contribution is -2.60. The van der Waals surface area contributed by atoms with Crippen molar-refractivity contribution in [1.29, 1.82) is 0 Å². The largest absolute Gasteiger partial charge is 0.456 e. The number of rotatable bonds is 4. The van der Waals surface area contributed by atoms with Crippen molar-refractivity contribution in [3.63, 3.8) is 0 Å². The minimum Gasteiger partial charge on any atom is -0.456 e. The molecule has 0 amide bonds. The van der Waals surface area contributed by atoms with Crippen LogP contribution < -0.4 is 0 Å². The van der Waals surface area contributed by atoms with Crippen LogP contribution in [0.4, 0.5) is 0 Å². The first-order valence-electron chi connectivity index (χ1n) is 7.56. The number of aliphatic hydroxyl groups is 1. The predicted molar refractivity (Wildman–Crippen MR) is 74.2 cm³/mol. The van der Waals surface area contributed by atoms with Gasteiger partial charge < -0.3 is 14.6 Å². The highest BCUT2D eigenvalue weighted by molar-refractivity contribution is 5.88. The molecular weight excluding hydrogens is 272 g/mol. The zero-order valence-electron chi connectivity index (χ0n) is 12.4. The molecule has 4 fully saturated rings. The molecule has 1 N–H and O–H groups in total. The van der Waals surface area contributed by atoms with Crippen molar-refractivity contribution >= 4 is 11.9 Å². The third-order valence-corrected chi connectivity index (χ3v) is 4.98. The summed E-state index contributed by atoms with van der Waals surface area (Å²) in [4.78, 5) is 23.2. The molecule has 0 aromatic heterocycles. The first kappa shape index (κ1) is 14.6. The van der Waals surface area contributed by atoms with Gasteiger partial charge in [0.15, 0.2) is 6.61 Å². The van der Waals surface area contributed by atoms with E-state index < -0.39 is 23.1 Å². The Balaban J connectivity index is 1.61. The van der Waals surface area contributed by atoms with E-state index in [1.54, 1.807) is 0 Å². The summed E-state index contributed by atoms with van der Waals surface area (Å²) in [5.41, 5.74) is -0.962. The molecule has 0 heterocycles. The van der Waals surface area contributed by atoms with E-state index in [2.05, 4.69) is 6.58 Å². The molecule has 4 saturated carbocycles. The van der Waals surface area contributed by atoms with Crippen LogP contribution >= 0.6 is 0 Å². The van der Waals surface area contributed by atoms with Gasteiger partial charge in [0.05, 0.1) is 5.60 Å². The van der Waals surface area contributed by atoms with Crippen molar-refractivity contribution < 1.29 is 24.2 Å². The molecule has 2 unspecified atom stereocenters. The normalized spacial score (nSPS) is 39.9. The minimum atomic E-state index is -0.668. The topological polar surface area (TPSA) is 72.8 Å². The van der Waals surface area contributed by atoms with Gasteiger partial charge in [-0.1, -0.05) is 6.58 Å². The molecule has 21 heavy (non-hydrogen) atoms. The maximum absolute atomic E-state index is 11.9. The first-order valence-corrected chi connectivity index (χ1v) is 7.56. The molecule has 116 valence electrons. The second-order valence-electron chi connectivity index (χ2n) is 7.20. The molecule has 4 aliphatic carbocycles. The Bertz CT molecular complexity index is 481. The van der Waals surface area contributed by atoms with Crippen molar-refractivity contribution in [1.82, 2.24) is 0 Å². The average Bonchev–Trinajstić information content (AvgIpc) is 2.31. The molecule has 2 atom stereocenters. The Morgan fingerprint density at radius 2 is 1.86 bits per heavy atom. The molecule has 5 nitrogen and oxygen atoms in total. The van der Waals surface area contributed by atoms with Gasteiger partial charge in [-0.15, -0.1) is 0 Å². The summed E-state index contributed by atoms with van der Waals surface area (Å²) in [7, 11) is 0. The van der Waals surface area contributed by atoms with E-state index in [9.17, 15) is 14.7 Å². The summed E-state index contributed by atoms with van der Waals surface area (Å²) >= 11 is 0. The van der Waals surface area contributed by atoms with Gasteiger partial charge >= 0.3 is 11.9 Å². The molecule has 0 radical (unpaired) electrons. The van der Waals surface area contributed by atoms with E-state index in [-0.39, 0.29) is 12.2 Å². The monoisotopic (exact) mass is 294 g/mol. The maximum Gasteiger partial charge on any atom is 0.344 e. The second kappa shape index (κ2) is 4.83. The quantitative estimate of drug-likeness (QED) is 0.631. The molecule has 0 aliphatic heterocycles. The van der Waals surface area contributed by atoms with E-state index in [1.807, 2.05) is 0 Å². The number of esters is 2. The van der Waals surface area contributed by atoms with Gasteiger partial charge in [-0.25, -0.2) is 9.59 Å². The first-order chi connectivity index (χ1) is 9.79. The van der Waals surface area contributed by atoms with Gasteiger partial charge in [0, 0.05) is 12.0 Å². The number of hydrogen-bond donors (Lipinski definition) is 1. The van der Waals surface area contributed by atoms with Crippen LogP contribution in [0, 0.1) is 11.8 Å². The zero-order chi connectivity index (χ0) is 15.3. The lowest BCUT2D eigenvalue weighted by atomic mass is 9.52. The van der Waals surface area contributed by atoms with Crippen LogP contribution in [0.5, 0.6) is 0 Å². The molecule has 4 aliphatic rings. The van der Waals surface area contributed by atoms with Crippen LogP contribution in [-0.2, 0) is 19.1 Å². The zero-order valence-corrected chi connectivity index (χ0v) is 12.4. The summed E-state index contributed by atoms with van der Waals surface area (Å²) < 4.78 is 10.5. The number of hydrogen-bond acceptors (Lipinski definition) is 5. The van der Waals surface area contributed by atoms with Crippen LogP contribution in [0.25, 0.3) is 0 Å². The van der Waals surface area contributed by atoms with Gasteiger partial charge in [0.25, 0.3) is 0 Å². The third kappa shape index (κ3) is 2.84. The summed E-state index contributed by atoms with van der Waals surface area (Å²) in [6.07, 6.45) is 4.96.